The maximum absolute atomic E-state index is 12.4. The highest BCUT2D eigenvalue weighted by molar-refractivity contribution is 5.78. The quantitative estimate of drug-likeness (QED) is 0.880. The molecule has 0 spiro atoms. The summed E-state index contributed by atoms with van der Waals surface area (Å²) in [7, 11) is 1.68. The summed E-state index contributed by atoms with van der Waals surface area (Å²) in [4.78, 5) is 21.1. The molecule has 0 bridgehead atoms. The maximum Gasteiger partial charge on any atom is 0.228 e. The third-order valence-electron chi connectivity index (χ3n) is 4.24. The Kier molecular flexibility index (Phi) is 4.62. The molecule has 1 fully saturated rings. The Morgan fingerprint density at radius 2 is 2.22 bits per heavy atom. The van der Waals surface area contributed by atoms with Crippen molar-refractivity contribution in [2.75, 3.05) is 26.8 Å². The molecular weight excluding hydrogens is 294 g/mol. The molecule has 23 heavy (non-hydrogen) atoms. The second-order valence-electron chi connectivity index (χ2n) is 5.81. The summed E-state index contributed by atoms with van der Waals surface area (Å²) in [6.07, 6.45) is 4.36. The van der Waals surface area contributed by atoms with E-state index >= 15 is 0 Å². The second-order valence-corrected chi connectivity index (χ2v) is 5.81. The molecular formula is C17H21N3O3. The normalized spacial score (nSPS) is 20.7. The molecule has 1 atom stereocenters. The Labute approximate surface area is 135 Å². The van der Waals surface area contributed by atoms with Crippen LogP contribution in [-0.2, 0) is 16.0 Å². The molecule has 0 unspecified atom stereocenters. The van der Waals surface area contributed by atoms with Crippen molar-refractivity contribution >= 4 is 5.91 Å². The number of hydrogen-bond donors (Lipinski definition) is 1. The van der Waals surface area contributed by atoms with Crippen molar-refractivity contribution in [2.45, 2.75) is 18.4 Å². The lowest BCUT2D eigenvalue weighted by Crippen LogP contribution is -2.42. The Hall–Kier alpha value is -2.34. The number of methoxy groups -OCH3 is 1. The van der Waals surface area contributed by atoms with Crippen LogP contribution in [0.25, 0.3) is 0 Å². The van der Waals surface area contributed by atoms with E-state index in [1.165, 1.54) is 0 Å². The summed E-state index contributed by atoms with van der Waals surface area (Å²) >= 11 is 0. The van der Waals surface area contributed by atoms with Gasteiger partial charge in [-0.2, -0.15) is 0 Å². The van der Waals surface area contributed by atoms with Gasteiger partial charge in [0.25, 0.3) is 0 Å². The minimum atomic E-state index is -0.445. The predicted molar refractivity (Wildman–Crippen MR) is 85.2 cm³/mol. The van der Waals surface area contributed by atoms with Crippen molar-refractivity contribution in [3.63, 3.8) is 0 Å². The summed E-state index contributed by atoms with van der Waals surface area (Å²) in [5.41, 5.74) is 0.380. The Morgan fingerprint density at radius 1 is 1.39 bits per heavy atom. The lowest BCUT2D eigenvalue weighted by molar-refractivity contribution is -0.131. The van der Waals surface area contributed by atoms with Crippen LogP contribution < -0.4 is 4.74 Å². The van der Waals surface area contributed by atoms with Gasteiger partial charge in [-0.05, 0) is 18.6 Å². The average Bonchev–Trinajstić information content (AvgIpc) is 3.24. The molecule has 2 heterocycles. The van der Waals surface area contributed by atoms with Crippen molar-refractivity contribution in [2.24, 2.45) is 0 Å². The molecule has 2 aromatic rings. The third kappa shape index (κ3) is 3.71. The summed E-state index contributed by atoms with van der Waals surface area (Å²) in [5, 5.41) is 0. The topological polar surface area (TPSA) is 67.5 Å². The number of carbonyl (C=O) groups is 1. The molecule has 6 nitrogen and oxygen atoms in total. The van der Waals surface area contributed by atoms with Gasteiger partial charge in [0.05, 0.1) is 19.3 Å². The van der Waals surface area contributed by atoms with Crippen molar-refractivity contribution in [3.05, 3.63) is 48.5 Å². The largest absolute Gasteiger partial charge is 0.491 e. The number of para-hydroxylation sites is 1. The van der Waals surface area contributed by atoms with E-state index in [4.69, 9.17) is 9.47 Å². The first kappa shape index (κ1) is 15.6. The smallest absolute Gasteiger partial charge is 0.228 e. The Morgan fingerprint density at radius 3 is 2.91 bits per heavy atom. The van der Waals surface area contributed by atoms with E-state index in [2.05, 4.69) is 9.97 Å². The number of rotatable bonds is 6. The van der Waals surface area contributed by atoms with E-state index in [-0.39, 0.29) is 5.91 Å². The Balaban J connectivity index is 1.58. The zero-order valence-corrected chi connectivity index (χ0v) is 13.2. The van der Waals surface area contributed by atoms with Crippen LogP contribution >= 0.6 is 0 Å². The monoisotopic (exact) mass is 315 g/mol. The van der Waals surface area contributed by atoms with Gasteiger partial charge in [0.1, 0.15) is 18.0 Å². The van der Waals surface area contributed by atoms with Gasteiger partial charge in [0.2, 0.25) is 5.91 Å². The number of imidazole rings is 1. The number of carbonyl (C=O) groups excluding carboxylic acids is 1. The van der Waals surface area contributed by atoms with E-state index in [1.54, 1.807) is 19.6 Å². The molecule has 1 aliphatic heterocycles. The fourth-order valence-corrected chi connectivity index (χ4v) is 2.79. The first-order chi connectivity index (χ1) is 11.2. The van der Waals surface area contributed by atoms with Gasteiger partial charge in [0, 0.05) is 25.5 Å². The van der Waals surface area contributed by atoms with E-state index in [9.17, 15) is 4.79 Å². The van der Waals surface area contributed by atoms with Crippen LogP contribution in [0.2, 0.25) is 0 Å². The zero-order valence-electron chi connectivity index (χ0n) is 13.2. The van der Waals surface area contributed by atoms with Gasteiger partial charge < -0.3 is 19.4 Å². The first-order valence-corrected chi connectivity index (χ1v) is 7.69. The van der Waals surface area contributed by atoms with Crippen molar-refractivity contribution in [3.8, 4) is 5.75 Å². The van der Waals surface area contributed by atoms with Gasteiger partial charge >= 0.3 is 0 Å². The molecule has 1 aromatic heterocycles. The minimum absolute atomic E-state index is 0.0767. The number of nitrogens with one attached hydrogen (secondary N) is 1. The standard InChI is InChI=1S/C17H21N3O3/c1-22-17(12-23-15-5-3-2-4-6-15)7-8-20(11-17)16(21)9-14-10-18-13-19-14/h2-6,10,13H,7-9,11-12H2,1H3,(H,18,19)/t17-/m0/s1. The fraction of sp³-hybridized carbons (Fsp3) is 0.412. The number of amides is 1. The van der Waals surface area contributed by atoms with Crippen molar-refractivity contribution in [1.29, 1.82) is 0 Å². The second kappa shape index (κ2) is 6.83. The van der Waals surface area contributed by atoms with Gasteiger partial charge in [-0.25, -0.2) is 4.98 Å². The van der Waals surface area contributed by atoms with Crippen LogP contribution in [0.4, 0.5) is 0 Å². The minimum Gasteiger partial charge on any atom is -0.491 e. The summed E-state index contributed by atoms with van der Waals surface area (Å²) in [6.45, 7) is 1.66. The first-order valence-electron chi connectivity index (χ1n) is 7.69. The third-order valence-corrected chi connectivity index (χ3v) is 4.24. The highest BCUT2D eigenvalue weighted by Crippen LogP contribution is 2.26. The molecule has 122 valence electrons. The number of aromatic amines is 1. The van der Waals surface area contributed by atoms with Crippen LogP contribution in [0.15, 0.2) is 42.9 Å². The van der Waals surface area contributed by atoms with E-state index in [0.29, 0.717) is 26.1 Å². The number of hydrogen-bond acceptors (Lipinski definition) is 4. The van der Waals surface area contributed by atoms with E-state index in [1.807, 2.05) is 35.2 Å². The summed E-state index contributed by atoms with van der Waals surface area (Å²) < 4.78 is 11.5. The SMILES string of the molecule is CO[C@@]1(COc2ccccc2)CCN(C(=O)Cc2cnc[nH]2)C1. The summed E-state index contributed by atoms with van der Waals surface area (Å²) in [5.74, 6) is 0.888. The number of ether oxygens (including phenoxy) is 2. The molecule has 1 saturated heterocycles. The van der Waals surface area contributed by atoms with Crippen LogP contribution in [0.5, 0.6) is 5.75 Å². The highest BCUT2D eigenvalue weighted by atomic mass is 16.5. The molecule has 6 heteroatoms. The van der Waals surface area contributed by atoms with Crippen molar-refractivity contribution in [1.82, 2.24) is 14.9 Å². The van der Waals surface area contributed by atoms with Crippen LogP contribution in [0, 0.1) is 0 Å². The highest BCUT2D eigenvalue weighted by Gasteiger charge is 2.41. The van der Waals surface area contributed by atoms with Crippen LogP contribution in [0.1, 0.15) is 12.1 Å². The van der Waals surface area contributed by atoms with Crippen LogP contribution in [-0.4, -0.2) is 53.2 Å². The molecule has 1 aromatic carbocycles. The average molecular weight is 315 g/mol. The Bertz CT molecular complexity index is 630. The predicted octanol–water partition coefficient (Wildman–Crippen LogP) is 1.65. The number of H-pyrrole nitrogens is 1. The molecule has 0 radical (unpaired) electrons. The zero-order chi connectivity index (χ0) is 16.1. The molecule has 0 saturated carbocycles. The number of benzene rings is 1. The van der Waals surface area contributed by atoms with Crippen molar-refractivity contribution < 1.29 is 14.3 Å². The number of nitrogens with zero attached hydrogens (tertiary/aromatic N) is 2. The lowest BCUT2D eigenvalue weighted by Gasteiger charge is -2.27. The molecule has 0 aliphatic carbocycles. The van der Waals surface area contributed by atoms with E-state index in [0.717, 1.165) is 17.9 Å². The maximum atomic E-state index is 12.4. The fourth-order valence-electron chi connectivity index (χ4n) is 2.79. The lowest BCUT2D eigenvalue weighted by atomic mass is 10.0. The summed E-state index contributed by atoms with van der Waals surface area (Å²) in [6, 6.07) is 9.65. The molecule has 1 aliphatic rings. The molecule has 3 rings (SSSR count). The number of aromatic nitrogens is 2. The van der Waals surface area contributed by atoms with Crippen LogP contribution in [0.3, 0.4) is 0 Å². The van der Waals surface area contributed by atoms with Gasteiger partial charge in [-0.15, -0.1) is 0 Å². The van der Waals surface area contributed by atoms with Gasteiger partial charge in [0.15, 0.2) is 0 Å². The van der Waals surface area contributed by atoms with E-state index < -0.39 is 5.60 Å². The molecule has 1 amide bonds. The number of likely N-dealkylation sites (tertiary alicyclic amines) is 1. The van der Waals surface area contributed by atoms with Gasteiger partial charge in [-0.3, -0.25) is 4.79 Å². The molecule has 1 N–H and O–H groups in total. The van der Waals surface area contributed by atoms with Gasteiger partial charge in [-0.1, -0.05) is 18.2 Å².